The molecule has 1 aromatic rings. The molecule has 3 nitrogen and oxygen atoms in total. The summed E-state index contributed by atoms with van der Waals surface area (Å²) in [6.07, 6.45) is 1.93. The number of carbonyl (C=O) groups is 1. The zero-order valence-corrected chi connectivity index (χ0v) is 12.7. The van der Waals surface area contributed by atoms with Gasteiger partial charge in [0.05, 0.1) is 5.56 Å². The molecule has 0 atom stereocenters. The maximum absolute atomic E-state index is 11.9. The van der Waals surface area contributed by atoms with E-state index in [9.17, 15) is 4.79 Å². The summed E-state index contributed by atoms with van der Waals surface area (Å²) in [4.78, 5) is 14.1. The molecule has 0 N–H and O–H groups in total. The van der Waals surface area contributed by atoms with Crippen LogP contribution in [0.15, 0.2) is 28.7 Å². The molecule has 1 saturated heterocycles. The molecular weight excluding hydrogens is 318 g/mol. The summed E-state index contributed by atoms with van der Waals surface area (Å²) in [5, 5.41) is 0. The largest absolute Gasteiger partial charge is 0.459 e. The van der Waals surface area contributed by atoms with Gasteiger partial charge in [-0.1, -0.05) is 15.9 Å². The van der Waals surface area contributed by atoms with E-state index < -0.39 is 0 Å². The van der Waals surface area contributed by atoms with Crippen LogP contribution in [0.4, 0.5) is 0 Å². The number of esters is 1. The van der Waals surface area contributed by atoms with Crippen molar-refractivity contribution in [1.29, 1.82) is 0 Å². The normalized spacial score (nSPS) is 17.0. The standard InChI is InChI=1S/C13H16BrNO2.ClH/c1-15-8-6-12(7-9-15)17-13(16)10-2-4-11(14)5-3-10;/h2-5,12H,6-9H2,1H3;1H. The summed E-state index contributed by atoms with van der Waals surface area (Å²) in [6, 6.07) is 7.26. The molecular formula is C13H17BrClNO2. The van der Waals surface area contributed by atoms with E-state index in [0.717, 1.165) is 30.4 Å². The van der Waals surface area contributed by atoms with Crippen LogP contribution in [0.25, 0.3) is 0 Å². The van der Waals surface area contributed by atoms with Crippen molar-refractivity contribution in [3.8, 4) is 0 Å². The maximum atomic E-state index is 11.9. The first-order chi connectivity index (χ1) is 8.15. The lowest BCUT2D eigenvalue weighted by molar-refractivity contribution is 0.0139. The van der Waals surface area contributed by atoms with E-state index in [2.05, 4.69) is 27.9 Å². The predicted molar refractivity (Wildman–Crippen MR) is 77.3 cm³/mol. The molecule has 1 aliphatic rings. The summed E-state index contributed by atoms with van der Waals surface area (Å²) in [5.74, 6) is -0.216. The maximum Gasteiger partial charge on any atom is 0.338 e. The van der Waals surface area contributed by atoms with Gasteiger partial charge in [-0.2, -0.15) is 0 Å². The first kappa shape index (κ1) is 15.5. The van der Waals surface area contributed by atoms with Crippen molar-refractivity contribution in [2.24, 2.45) is 0 Å². The lowest BCUT2D eigenvalue weighted by Crippen LogP contribution is -2.35. The van der Waals surface area contributed by atoms with E-state index in [4.69, 9.17) is 4.74 Å². The number of rotatable bonds is 2. The van der Waals surface area contributed by atoms with Crippen molar-refractivity contribution in [3.63, 3.8) is 0 Å². The Labute approximate surface area is 122 Å². The number of hydrogen-bond donors (Lipinski definition) is 0. The van der Waals surface area contributed by atoms with Gasteiger partial charge in [-0.25, -0.2) is 4.79 Å². The third-order valence-electron chi connectivity index (χ3n) is 3.02. The van der Waals surface area contributed by atoms with Gasteiger partial charge >= 0.3 is 5.97 Å². The Hall–Kier alpha value is -0.580. The minimum Gasteiger partial charge on any atom is -0.459 e. The minimum atomic E-state index is -0.216. The summed E-state index contributed by atoms with van der Waals surface area (Å²) >= 11 is 3.34. The van der Waals surface area contributed by atoms with E-state index in [1.165, 1.54) is 0 Å². The highest BCUT2D eigenvalue weighted by molar-refractivity contribution is 9.10. The average molecular weight is 335 g/mol. The quantitative estimate of drug-likeness (QED) is 0.778. The lowest BCUT2D eigenvalue weighted by atomic mass is 10.1. The molecule has 0 saturated carbocycles. The molecule has 1 aromatic carbocycles. The first-order valence-corrected chi connectivity index (χ1v) is 6.59. The SMILES string of the molecule is CN1CCC(OC(=O)c2ccc(Br)cc2)CC1.Cl. The molecule has 0 spiro atoms. The number of benzene rings is 1. The molecule has 0 aromatic heterocycles. The van der Waals surface area contributed by atoms with Gasteiger partial charge in [0.25, 0.3) is 0 Å². The summed E-state index contributed by atoms with van der Waals surface area (Å²) in [7, 11) is 2.09. The van der Waals surface area contributed by atoms with Crippen LogP contribution in [0.5, 0.6) is 0 Å². The zero-order valence-electron chi connectivity index (χ0n) is 10.3. The number of piperidine rings is 1. The van der Waals surface area contributed by atoms with Crippen LogP contribution >= 0.6 is 28.3 Å². The van der Waals surface area contributed by atoms with Gasteiger partial charge in [0.1, 0.15) is 6.10 Å². The summed E-state index contributed by atoms with van der Waals surface area (Å²) < 4.78 is 6.45. The van der Waals surface area contributed by atoms with E-state index >= 15 is 0 Å². The van der Waals surface area contributed by atoms with Crippen LogP contribution in [0.3, 0.4) is 0 Å². The Kier molecular flexibility index (Phi) is 6.12. The Morgan fingerprint density at radius 3 is 2.39 bits per heavy atom. The van der Waals surface area contributed by atoms with Gasteiger partial charge in [0.2, 0.25) is 0 Å². The van der Waals surface area contributed by atoms with Crippen LogP contribution in [0, 0.1) is 0 Å². The van der Waals surface area contributed by atoms with Crippen molar-refractivity contribution >= 4 is 34.3 Å². The molecule has 0 unspecified atom stereocenters. The third-order valence-corrected chi connectivity index (χ3v) is 3.55. The van der Waals surface area contributed by atoms with E-state index in [-0.39, 0.29) is 24.5 Å². The molecule has 18 heavy (non-hydrogen) atoms. The average Bonchev–Trinajstić information content (AvgIpc) is 2.33. The molecule has 1 aliphatic heterocycles. The molecule has 0 radical (unpaired) electrons. The lowest BCUT2D eigenvalue weighted by Gasteiger charge is -2.28. The molecule has 1 heterocycles. The van der Waals surface area contributed by atoms with Crippen molar-refractivity contribution < 1.29 is 9.53 Å². The van der Waals surface area contributed by atoms with Crippen LogP contribution in [-0.4, -0.2) is 37.1 Å². The first-order valence-electron chi connectivity index (χ1n) is 5.80. The fourth-order valence-corrected chi connectivity index (χ4v) is 2.17. The van der Waals surface area contributed by atoms with Crippen LogP contribution in [0.2, 0.25) is 0 Å². The Morgan fingerprint density at radius 2 is 1.83 bits per heavy atom. The Balaban J connectivity index is 0.00000162. The Morgan fingerprint density at radius 1 is 1.28 bits per heavy atom. The number of nitrogens with zero attached hydrogens (tertiary/aromatic N) is 1. The van der Waals surface area contributed by atoms with Gasteiger partial charge < -0.3 is 9.64 Å². The second-order valence-corrected chi connectivity index (χ2v) is 5.33. The number of carbonyl (C=O) groups excluding carboxylic acids is 1. The van der Waals surface area contributed by atoms with Gasteiger partial charge in [-0.15, -0.1) is 12.4 Å². The van der Waals surface area contributed by atoms with E-state index in [0.29, 0.717) is 5.56 Å². The topological polar surface area (TPSA) is 29.5 Å². The number of halogens is 2. The highest BCUT2D eigenvalue weighted by Crippen LogP contribution is 2.16. The van der Waals surface area contributed by atoms with Crippen molar-refractivity contribution in [3.05, 3.63) is 34.3 Å². The number of hydrogen-bond acceptors (Lipinski definition) is 3. The Bertz CT molecular complexity index is 388. The van der Waals surface area contributed by atoms with Crippen LogP contribution < -0.4 is 0 Å². The van der Waals surface area contributed by atoms with Gasteiger partial charge in [0, 0.05) is 17.6 Å². The van der Waals surface area contributed by atoms with Gasteiger partial charge in [-0.3, -0.25) is 0 Å². The summed E-state index contributed by atoms with van der Waals surface area (Å²) in [5.41, 5.74) is 0.618. The van der Waals surface area contributed by atoms with Crippen LogP contribution in [0.1, 0.15) is 23.2 Å². The smallest absolute Gasteiger partial charge is 0.338 e. The number of ether oxygens (including phenoxy) is 1. The fourth-order valence-electron chi connectivity index (χ4n) is 1.91. The molecule has 100 valence electrons. The summed E-state index contributed by atoms with van der Waals surface area (Å²) in [6.45, 7) is 2.00. The molecule has 2 rings (SSSR count). The molecule has 1 fully saturated rings. The zero-order chi connectivity index (χ0) is 12.3. The monoisotopic (exact) mass is 333 g/mol. The van der Waals surface area contributed by atoms with Crippen molar-refractivity contribution in [2.45, 2.75) is 18.9 Å². The molecule has 5 heteroatoms. The second kappa shape index (κ2) is 7.12. The van der Waals surface area contributed by atoms with Crippen LogP contribution in [-0.2, 0) is 4.74 Å². The number of likely N-dealkylation sites (tertiary alicyclic amines) is 1. The molecule has 0 amide bonds. The van der Waals surface area contributed by atoms with Crippen molar-refractivity contribution in [2.75, 3.05) is 20.1 Å². The van der Waals surface area contributed by atoms with Gasteiger partial charge in [-0.05, 0) is 44.2 Å². The molecule has 0 aliphatic carbocycles. The molecule has 0 bridgehead atoms. The van der Waals surface area contributed by atoms with E-state index in [1.54, 1.807) is 12.1 Å². The minimum absolute atomic E-state index is 0. The predicted octanol–water partition coefficient (Wildman–Crippen LogP) is 3.12. The second-order valence-electron chi connectivity index (χ2n) is 4.41. The third kappa shape index (κ3) is 4.26. The highest BCUT2D eigenvalue weighted by atomic mass is 79.9. The van der Waals surface area contributed by atoms with Gasteiger partial charge in [0.15, 0.2) is 0 Å². The van der Waals surface area contributed by atoms with Crippen molar-refractivity contribution in [1.82, 2.24) is 4.90 Å². The fraction of sp³-hybridized carbons (Fsp3) is 0.462. The highest BCUT2D eigenvalue weighted by Gasteiger charge is 2.20. The van der Waals surface area contributed by atoms with E-state index in [1.807, 2.05) is 12.1 Å².